The van der Waals surface area contributed by atoms with Crippen LogP contribution in [-0.2, 0) is 0 Å². The van der Waals surface area contributed by atoms with Crippen LogP contribution < -0.4 is 10.6 Å². The molecule has 0 aliphatic heterocycles. The van der Waals surface area contributed by atoms with Gasteiger partial charge in [0.1, 0.15) is 0 Å². The molecule has 3 N–H and O–H groups in total. The molecular formula is C14H18N2O3. The second-order valence-electron chi connectivity index (χ2n) is 4.96. The molecule has 5 heteroatoms. The number of hydrogen-bond donors (Lipinski definition) is 3. The van der Waals surface area contributed by atoms with E-state index < -0.39 is 5.97 Å². The van der Waals surface area contributed by atoms with Gasteiger partial charge in [-0.2, -0.15) is 0 Å². The molecule has 1 fully saturated rings. The summed E-state index contributed by atoms with van der Waals surface area (Å²) in [6, 6.07) is 4.82. The first kappa shape index (κ1) is 13.4. The molecule has 1 aliphatic carbocycles. The van der Waals surface area contributed by atoms with E-state index >= 15 is 0 Å². The SMILES string of the molecule is CCC1CC1NC(=O)Nc1ccc(C)cc1C(=O)O. The molecule has 0 heterocycles. The average molecular weight is 262 g/mol. The van der Waals surface area contributed by atoms with Crippen molar-refractivity contribution < 1.29 is 14.7 Å². The van der Waals surface area contributed by atoms with Crippen LogP contribution in [0, 0.1) is 12.8 Å². The molecule has 19 heavy (non-hydrogen) atoms. The molecule has 2 rings (SSSR count). The number of carbonyl (C=O) groups is 2. The third-order valence-electron chi connectivity index (χ3n) is 3.42. The zero-order chi connectivity index (χ0) is 14.0. The van der Waals surface area contributed by atoms with Crippen molar-refractivity contribution in [2.45, 2.75) is 32.7 Å². The van der Waals surface area contributed by atoms with Gasteiger partial charge in [0.05, 0.1) is 11.3 Å². The van der Waals surface area contributed by atoms with Gasteiger partial charge in [0.15, 0.2) is 0 Å². The topological polar surface area (TPSA) is 78.4 Å². The van der Waals surface area contributed by atoms with Crippen LogP contribution in [0.4, 0.5) is 10.5 Å². The number of aryl methyl sites for hydroxylation is 1. The lowest BCUT2D eigenvalue weighted by atomic mass is 10.1. The summed E-state index contributed by atoms with van der Waals surface area (Å²) in [6.07, 6.45) is 2.06. The van der Waals surface area contributed by atoms with Gasteiger partial charge in [-0.3, -0.25) is 0 Å². The molecular weight excluding hydrogens is 244 g/mol. The Morgan fingerprint density at radius 3 is 2.74 bits per heavy atom. The second kappa shape index (κ2) is 5.30. The Hall–Kier alpha value is -2.04. The van der Waals surface area contributed by atoms with Crippen LogP contribution in [0.15, 0.2) is 18.2 Å². The molecule has 2 amide bonds. The Morgan fingerprint density at radius 1 is 1.42 bits per heavy atom. The summed E-state index contributed by atoms with van der Waals surface area (Å²) in [7, 11) is 0. The minimum absolute atomic E-state index is 0.109. The number of carboxylic acid groups (broad SMARTS) is 1. The van der Waals surface area contributed by atoms with Gasteiger partial charge in [0, 0.05) is 6.04 Å². The van der Waals surface area contributed by atoms with E-state index in [9.17, 15) is 9.59 Å². The smallest absolute Gasteiger partial charge is 0.337 e. The lowest BCUT2D eigenvalue weighted by molar-refractivity contribution is 0.0698. The zero-order valence-corrected chi connectivity index (χ0v) is 11.1. The Balaban J connectivity index is 2.02. The fourth-order valence-corrected chi connectivity index (χ4v) is 2.15. The van der Waals surface area contributed by atoms with Gasteiger partial charge >= 0.3 is 12.0 Å². The quantitative estimate of drug-likeness (QED) is 0.780. The van der Waals surface area contributed by atoms with Crippen LogP contribution in [0.3, 0.4) is 0 Å². The van der Waals surface area contributed by atoms with Gasteiger partial charge < -0.3 is 15.7 Å². The zero-order valence-electron chi connectivity index (χ0n) is 11.1. The maximum absolute atomic E-state index is 11.8. The molecule has 0 bridgehead atoms. The number of anilines is 1. The molecule has 0 saturated heterocycles. The molecule has 1 aromatic rings. The van der Waals surface area contributed by atoms with E-state index in [2.05, 4.69) is 17.6 Å². The normalized spacial score (nSPS) is 20.7. The number of nitrogens with one attached hydrogen (secondary N) is 2. The predicted octanol–water partition coefficient (Wildman–Crippen LogP) is 2.61. The summed E-state index contributed by atoms with van der Waals surface area (Å²) >= 11 is 0. The number of hydrogen-bond acceptors (Lipinski definition) is 2. The van der Waals surface area contributed by atoms with Crippen molar-refractivity contribution in [2.24, 2.45) is 5.92 Å². The minimum Gasteiger partial charge on any atom is -0.478 e. The maximum Gasteiger partial charge on any atom is 0.337 e. The molecule has 2 unspecified atom stereocenters. The Bertz CT molecular complexity index is 513. The first-order valence-corrected chi connectivity index (χ1v) is 6.42. The highest BCUT2D eigenvalue weighted by atomic mass is 16.4. The highest BCUT2D eigenvalue weighted by molar-refractivity contribution is 6.00. The molecule has 1 saturated carbocycles. The molecule has 102 valence electrons. The highest BCUT2D eigenvalue weighted by Gasteiger charge is 2.36. The number of aromatic carboxylic acids is 1. The number of urea groups is 1. The Morgan fingerprint density at radius 2 is 2.16 bits per heavy atom. The second-order valence-corrected chi connectivity index (χ2v) is 4.96. The highest BCUT2D eigenvalue weighted by Crippen LogP contribution is 2.33. The first-order valence-electron chi connectivity index (χ1n) is 6.42. The molecule has 1 aromatic carbocycles. The van der Waals surface area contributed by atoms with Crippen molar-refractivity contribution in [3.63, 3.8) is 0 Å². The van der Waals surface area contributed by atoms with Crippen molar-refractivity contribution >= 4 is 17.7 Å². The molecule has 1 aliphatic rings. The van der Waals surface area contributed by atoms with Crippen molar-refractivity contribution in [1.82, 2.24) is 5.32 Å². The summed E-state index contributed by atoms with van der Waals surface area (Å²) < 4.78 is 0. The maximum atomic E-state index is 11.8. The summed E-state index contributed by atoms with van der Waals surface area (Å²) in [5.41, 5.74) is 1.28. The monoisotopic (exact) mass is 262 g/mol. The van der Waals surface area contributed by atoms with E-state index in [1.165, 1.54) is 0 Å². The van der Waals surface area contributed by atoms with Gasteiger partial charge in [-0.25, -0.2) is 9.59 Å². The molecule has 5 nitrogen and oxygen atoms in total. The number of benzene rings is 1. The van der Waals surface area contributed by atoms with Gasteiger partial charge in [0.2, 0.25) is 0 Å². The summed E-state index contributed by atoms with van der Waals surface area (Å²) in [6.45, 7) is 3.90. The molecule has 0 spiro atoms. The predicted molar refractivity (Wildman–Crippen MR) is 72.5 cm³/mol. The van der Waals surface area contributed by atoms with Crippen LogP contribution in [0.5, 0.6) is 0 Å². The van der Waals surface area contributed by atoms with E-state index in [1.807, 2.05) is 6.92 Å². The van der Waals surface area contributed by atoms with Gasteiger partial charge in [-0.1, -0.05) is 25.0 Å². The van der Waals surface area contributed by atoms with Crippen LogP contribution in [0.25, 0.3) is 0 Å². The molecule has 0 radical (unpaired) electrons. The van der Waals surface area contributed by atoms with Crippen molar-refractivity contribution in [3.05, 3.63) is 29.3 Å². The number of amides is 2. The van der Waals surface area contributed by atoms with E-state index in [4.69, 9.17) is 5.11 Å². The van der Waals surface area contributed by atoms with E-state index in [1.54, 1.807) is 18.2 Å². The summed E-state index contributed by atoms with van der Waals surface area (Å²) in [4.78, 5) is 22.9. The lowest BCUT2D eigenvalue weighted by Crippen LogP contribution is -2.32. The van der Waals surface area contributed by atoms with Crippen molar-refractivity contribution in [1.29, 1.82) is 0 Å². The van der Waals surface area contributed by atoms with Gasteiger partial charge in [0.25, 0.3) is 0 Å². The number of carbonyl (C=O) groups excluding carboxylic acids is 1. The largest absolute Gasteiger partial charge is 0.478 e. The fraction of sp³-hybridized carbons (Fsp3) is 0.429. The average Bonchev–Trinajstić information content (AvgIpc) is 3.09. The van der Waals surface area contributed by atoms with Crippen LogP contribution in [-0.4, -0.2) is 23.1 Å². The Kier molecular flexibility index (Phi) is 3.74. The summed E-state index contributed by atoms with van der Waals surface area (Å²) in [5, 5.41) is 14.6. The standard InChI is InChI=1S/C14H18N2O3/c1-3-9-7-12(9)16-14(19)15-11-5-4-8(2)6-10(11)13(17)18/h4-6,9,12H,3,7H2,1-2H3,(H,17,18)(H2,15,16,19). The first-order chi connectivity index (χ1) is 9.01. The number of rotatable bonds is 4. The third kappa shape index (κ3) is 3.24. The lowest BCUT2D eigenvalue weighted by Gasteiger charge is -2.10. The third-order valence-corrected chi connectivity index (χ3v) is 3.42. The van der Waals surface area contributed by atoms with Crippen molar-refractivity contribution in [2.75, 3.05) is 5.32 Å². The van der Waals surface area contributed by atoms with E-state index in [-0.39, 0.29) is 17.6 Å². The number of carboxylic acids is 1. The summed E-state index contributed by atoms with van der Waals surface area (Å²) in [5.74, 6) is -0.487. The minimum atomic E-state index is -1.04. The van der Waals surface area contributed by atoms with E-state index in [0.29, 0.717) is 11.6 Å². The van der Waals surface area contributed by atoms with Crippen LogP contribution in [0.2, 0.25) is 0 Å². The van der Waals surface area contributed by atoms with Gasteiger partial charge in [-0.05, 0) is 31.4 Å². The Labute approximate surface area is 112 Å². The fourth-order valence-electron chi connectivity index (χ4n) is 2.15. The molecule has 2 atom stereocenters. The van der Waals surface area contributed by atoms with Crippen molar-refractivity contribution in [3.8, 4) is 0 Å². The van der Waals surface area contributed by atoms with Crippen LogP contribution in [0.1, 0.15) is 35.7 Å². The van der Waals surface area contributed by atoms with Gasteiger partial charge in [-0.15, -0.1) is 0 Å². The molecule has 0 aromatic heterocycles. The van der Waals surface area contributed by atoms with E-state index in [0.717, 1.165) is 18.4 Å². The van der Waals surface area contributed by atoms with Crippen LogP contribution >= 0.6 is 0 Å².